The predicted molar refractivity (Wildman–Crippen MR) is 89.3 cm³/mol. The van der Waals surface area contributed by atoms with Crippen molar-refractivity contribution in [2.45, 2.75) is 6.92 Å². The Morgan fingerprint density at radius 3 is 2.67 bits per heavy atom. The summed E-state index contributed by atoms with van der Waals surface area (Å²) >= 11 is 0. The van der Waals surface area contributed by atoms with Gasteiger partial charge in [-0.05, 0) is 24.6 Å². The molecule has 0 saturated heterocycles. The number of carbonyl (C=O) groups is 2. The van der Waals surface area contributed by atoms with Gasteiger partial charge in [0, 0.05) is 11.8 Å². The molecule has 0 fully saturated rings. The Hall–Kier alpha value is -3.69. The maximum absolute atomic E-state index is 13.2. The highest BCUT2D eigenvalue weighted by molar-refractivity contribution is 5.98. The van der Waals surface area contributed by atoms with Gasteiger partial charge < -0.3 is 19.5 Å². The number of hydrogen-bond acceptors (Lipinski definition) is 7. The first-order valence-corrected chi connectivity index (χ1v) is 7.66. The third kappa shape index (κ3) is 3.94. The van der Waals surface area contributed by atoms with E-state index in [9.17, 15) is 24.1 Å². The molecule has 0 atom stereocenters. The minimum absolute atomic E-state index is 0.125. The van der Waals surface area contributed by atoms with Crippen LogP contribution in [0.2, 0.25) is 0 Å². The van der Waals surface area contributed by atoms with Crippen LogP contribution in [0.15, 0.2) is 30.3 Å². The lowest BCUT2D eigenvalue weighted by atomic mass is 10.1. The van der Waals surface area contributed by atoms with Gasteiger partial charge in [0.2, 0.25) is 6.79 Å². The molecule has 0 spiro atoms. The Balaban J connectivity index is 1.70. The normalized spacial score (nSPS) is 11.8. The van der Waals surface area contributed by atoms with E-state index in [0.29, 0.717) is 5.56 Å². The van der Waals surface area contributed by atoms with Crippen molar-refractivity contribution in [1.82, 2.24) is 0 Å². The van der Waals surface area contributed by atoms with E-state index >= 15 is 0 Å². The summed E-state index contributed by atoms with van der Waals surface area (Å²) in [6.07, 6.45) is 0. The molecule has 0 aliphatic carbocycles. The summed E-state index contributed by atoms with van der Waals surface area (Å²) in [5.41, 5.74) is -0.0720. The maximum atomic E-state index is 13.2. The first-order valence-electron chi connectivity index (χ1n) is 7.66. The summed E-state index contributed by atoms with van der Waals surface area (Å²) in [6.45, 7) is 0.831. The third-order valence-corrected chi connectivity index (χ3v) is 3.72. The quantitative estimate of drug-likeness (QED) is 0.484. The van der Waals surface area contributed by atoms with Gasteiger partial charge in [0.25, 0.3) is 11.6 Å². The van der Waals surface area contributed by atoms with Gasteiger partial charge in [-0.15, -0.1) is 0 Å². The molecule has 3 rings (SSSR count). The summed E-state index contributed by atoms with van der Waals surface area (Å²) in [7, 11) is 0. The number of esters is 1. The predicted octanol–water partition coefficient (Wildman–Crippen LogP) is 2.57. The number of carbonyl (C=O) groups excluding carboxylic acids is 2. The number of fused-ring (bicyclic) bond motifs is 1. The Morgan fingerprint density at radius 1 is 1.26 bits per heavy atom. The number of nitro benzene ring substituents is 1. The number of halogens is 1. The van der Waals surface area contributed by atoms with E-state index in [0.717, 1.165) is 18.2 Å². The number of anilines is 1. The minimum Gasteiger partial charge on any atom is -0.454 e. The van der Waals surface area contributed by atoms with Crippen LogP contribution in [0, 0.1) is 22.9 Å². The molecule has 2 aromatic rings. The molecular weight excluding hydrogens is 363 g/mol. The monoisotopic (exact) mass is 376 g/mol. The van der Waals surface area contributed by atoms with Crippen molar-refractivity contribution in [2.24, 2.45) is 0 Å². The molecule has 27 heavy (non-hydrogen) atoms. The number of nitro groups is 1. The number of hydrogen-bond donors (Lipinski definition) is 1. The highest BCUT2D eigenvalue weighted by atomic mass is 19.1. The zero-order valence-corrected chi connectivity index (χ0v) is 14.0. The van der Waals surface area contributed by atoms with Crippen LogP contribution in [0.25, 0.3) is 0 Å². The Morgan fingerprint density at radius 2 is 1.96 bits per heavy atom. The van der Waals surface area contributed by atoms with Gasteiger partial charge in [0.05, 0.1) is 11.0 Å². The molecule has 1 aliphatic heterocycles. The van der Waals surface area contributed by atoms with Gasteiger partial charge in [-0.3, -0.25) is 14.9 Å². The summed E-state index contributed by atoms with van der Waals surface area (Å²) in [4.78, 5) is 34.5. The van der Waals surface area contributed by atoms with Gasteiger partial charge in [-0.2, -0.15) is 0 Å². The molecule has 0 radical (unpaired) electrons. The van der Waals surface area contributed by atoms with Crippen LogP contribution in [0.1, 0.15) is 15.9 Å². The number of amides is 1. The summed E-state index contributed by atoms with van der Waals surface area (Å²) < 4.78 is 28.2. The zero-order valence-electron chi connectivity index (χ0n) is 14.0. The number of rotatable bonds is 5. The lowest BCUT2D eigenvalue weighted by Gasteiger charge is -2.09. The first kappa shape index (κ1) is 18.1. The van der Waals surface area contributed by atoms with Crippen LogP contribution in [-0.2, 0) is 9.53 Å². The third-order valence-electron chi connectivity index (χ3n) is 3.72. The largest absolute Gasteiger partial charge is 0.454 e. The fraction of sp³-hybridized carbons (Fsp3) is 0.176. The van der Waals surface area contributed by atoms with Crippen LogP contribution in [0.4, 0.5) is 15.8 Å². The van der Waals surface area contributed by atoms with Crippen LogP contribution < -0.4 is 14.8 Å². The molecule has 0 bridgehead atoms. The van der Waals surface area contributed by atoms with E-state index < -0.39 is 34.9 Å². The molecular formula is C17H13FN2O7. The van der Waals surface area contributed by atoms with E-state index in [1.54, 1.807) is 6.92 Å². The number of ether oxygens (including phenoxy) is 3. The molecule has 10 heteroatoms. The van der Waals surface area contributed by atoms with E-state index in [1.807, 2.05) is 0 Å². The molecule has 1 N–H and O–H groups in total. The van der Waals surface area contributed by atoms with Crippen molar-refractivity contribution in [3.8, 4) is 11.5 Å². The fourth-order valence-corrected chi connectivity index (χ4v) is 2.37. The van der Waals surface area contributed by atoms with Gasteiger partial charge in [-0.25, -0.2) is 9.18 Å². The van der Waals surface area contributed by atoms with Crippen molar-refractivity contribution in [1.29, 1.82) is 0 Å². The standard InChI is InChI=1S/C17H13FN2O7/c1-9-2-3-10(18)4-12(9)19-16(21)7-25-17(22)11-5-14-15(27-8-26-14)6-13(11)20(23)24/h2-6H,7-8H2,1H3,(H,19,21). The van der Waals surface area contributed by atoms with Gasteiger partial charge >= 0.3 is 5.97 Å². The Bertz CT molecular complexity index is 945. The second-order valence-electron chi connectivity index (χ2n) is 5.56. The summed E-state index contributed by atoms with van der Waals surface area (Å²) in [6, 6.07) is 6.01. The first-order chi connectivity index (χ1) is 12.8. The lowest BCUT2D eigenvalue weighted by Crippen LogP contribution is -2.21. The summed E-state index contributed by atoms with van der Waals surface area (Å²) in [5, 5.41) is 13.6. The van der Waals surface area contributed by atoms with Crippen molar-refractivity contribution in [2.75, 3.05) is 18.7 Å². The lowest BCUT2D eigenvalue weighted by molar-refractivity contribution is -0.385. The smallest absolute Gasteiger partial charge is 0.345 e. The highest BCUT2D eigenvalue weighted by Gasteiger charge is 2.28. The van der Waals surface area contributed by atoms with Gasteiger partial charge in [-0.1, -0.05) is 6.07 Å². The van der Waals surface area contributed by atoms with Crippen molar-refractivity contribution < 1.29 is 33.1 Å². The molecule has 9 nitrogen and oxygen atoms in total. The number of aryl methyl sites for hydroxylation is 1. The van der Waals surface area contributed by atoms with Crippen LogP contribution in [0.5, 0.6) is 11.5 Å². The topological polar surface area (TPSA) is 117 Å². The highest BCUT2D eigenvalue weighted by Crippen LogP contribution is 2.38. The second kappa shape index (κ2) is 7.28. The van der Waals surface area contributed by atoms with Crippen LogP contribution >= 0.6 is 0 Å². The summed E-state index contributed by atoms with van der Waals surface area (Å²) in [5.74, 6) is -2.04. The molecule has 0 saturated carbocycles. The number of nitrogens with zero attached hydrogens (tertiary/aromatic N) is 1. The average Bonchev–Trinajstić information content (AvgIpc) is 3.09. The van der Waals surface area contributed by atoms with Crippen LogP contribution in [-0.4, -0.2) is 30.2 Å². The molecule has 0 aromatic heterocycles. The zero-order chi connectivity index (χ0) is 19.6. The molecule has 2 aromatic carbocycles. The van der Waals surface area contributed by atoms with E-state index in [2.05, 4.69) is 5.32 Å². The van der Waals surface area contributed by atoms with Crippen LogP contribution in [0.3, 0.4) is 0 Å². The molecule has 1 amide bonds. The average molecular weight is 376 g/mol. The van der Waals surface area contributed by atoms with E-state index in [4.69, 9.17) is 14.2 Å². The van der Waals surface area contributed by atoms with E-state index in [-0.39, 0.29) is 29.5 Å². The molecule has 1 heterocycles. The van der Waals surface area contributed by atoms with Crippen molar-refractivity contribution in [3.63, 3.8) is 0 Å². The molecule has 140 valence electrons. The van der Waals surface area contributed by atoms with Crippen molar-refractivity contribution >= 4 is 23.3 Å². The van der Waals surface area contributed by atoms with Gasteiger partial charge in [0.15, 0.2) is 18.1 Å². The maximum Gasteiger partial charge on any atom is 0.345 e. The Labute approximate surface area is 151 Å². The Kier molecular flexibility index (Phi) is 4.88. The fourth-order valence-electron chi connectivity index (χ4n) is 2.37. The molecule has 1 aliphatic rings. The van der Waals surface area contributed by atoms with Gasteiger partial charge in [0.1, 0.15) is 11.4 Å². The second-order valence-corrected chi connectivity index (χ2v) is 5.56. The van der Waals surface area contributed by atoms with Crippen molar-refractivity contribution in [3.05, 3.63) is 57.4 Å². The SMILES string of the molecule is Cc1ccc(F)cc1NC(=O)COC(=O)c1cc2c(cc1[N+](=O)[O-])OCO2. The number of nitrogens with one attached hydrogen (secondary N) is 1. The van der Waals surface area contributed by atoms with E-state index in [1.165, 1.54) is 12.1 Å². The molecule has 0 unspecified atom stereocenters. The minimum atomic E-state index is -1.08. The number of benzene rings is 2.